The van der Waals surface area contributed by atoms with Crippen LogP contribution in [0.25, 0.3) is 11.3 Å². The van der Waals surface area contributed by atoms with E-state index in [1.165, 1.54) is 4.88 Å². The number of aromatic nitrogens is 1. The van der Waals surface area contributed by atoms with Gasteiger partial charge in [0.15, 0.2) is 5.13 Å². The van der Waals surface area contributed by atoms with Gasteiger partial charge in [-0.2, -0.15) is 0 Å². The van der Waals surface area contributed by atoms with Gasteiger partial charge in [-0.25, -0.2) is 4.98 Å². The van der Waals surface area contributed by atoms with Gasteiger partial charge < -0.3 is 10.2 Å². The van der Waals surface area contributed by atoms with E-state index in [-0.39, 0.29) is 11.8 Å². The van der Waals surface area contributed by atoms with Gasteiger partial charge in [0.25, 0.3) is 0 Å². The second kappa shape index (κ2) is 9.98. The van der Waals surface area contributed by atoms with Crippen molar-refractivity contribution in [3.8, 4) is 11.3 Å². The Morgan fingerprint density at radius 2 is 1.90 bits per heavy atom. The number of benzene rings is 1. The maximum atomic E-state index is 12.6. The summed E-state index contributed by atoms with van der Waals surface area (Å²) in [6.07, 6.45) is 1.43. The third-order valence-corrected chi connectivity index (χ3v) is 6.35. The summed E-state index contributed by atoms with van der Waals surface area (Å²) < 4.78 is 0. The predicted molar refractivity (Wildman–Crippen MR) is 118 cm³/mol. The van der Waals surface area contributed by atoms with Gasteiger partial charge in [-0.05, 0) is 12.3 Å². The van der Waals surface area contributed by atoms with E-state index >= 15 is 0 Å². The number of nitrogens with zero attached hydrogens (tertiary/aromatic N) is 3. The van der Waals surface area contributed by atoms with E-state index in [4.69, 9.17) is 4.98 Å². The van der Waals surface area contributed by atoms with Gasteiger partial charge in [0.2, 0.25) is 11.8 Å². The lowest BCUT2D eigenvalue weighted by atomic mass is 10.1. The summed E-state index contributed by atoms with van der Waals surface area (Å²) >= 11 is 1.55. The molecule has 156 valence electrons. The maximum Gasteiger partial charge on any atom is 0.240 e. The van der Waals surface area contributed by atoms with E-state index in [0.29, 0.717) is 30.6 Å². The Kier molecular flexibility index (Phi) is 7.39. The topological polar surface area (TPSA) is 65.5 Å². The van der Waals surface area contributed by atoms with Crippen molar-refractivity contribution in [2.75, 3.05) is 38.0 Å². The molecule has 3 rings (SSSR count). The van der Waals surface area contributed by atoms with Crippen molar-refractivity contribution < 1.29 is 9.59 Å². The van der Waals surface area contributed by atoms with Crippen molar-refractivity contribution in [2.45, 2.75) is 39.5 Å². The number of anilines is 1. The second-order valence-electron chi connectivity index (χ2n) is 7.66. The minimum atomic E-state index is -0.0519. The van der Waals surface area contributed by atoms with Gasteiger partial charge in [-0.1, -0.05) is 51.1 Å². The molecule has 0 saturated carbocycles. The molecule has 0 unspecified atom stereocenters. The van der Waals surface area contributed by atoms with Crippen molar-refractivity contribution in [1.82, 2.24) is 14.8 Å². The number of rotatable bonds is 6. The molecule has 2 heterocycles. The molecule has 1 fully saturated rings. The molecular weight excluding hydrogens is 384 g/mol. The third-order valence-electron chi connectivity index (χ3n) is 5.08. The van der Waals surface area contributed by atoms with Crippen LogP contribution in [0, 0.1) is 0 Å². The fourth-order valence-corrected chi connectivity index (χ4v) is 4.55. The fourth-order valence-electron chi connectivity index (χ4n) is 3.54. The average molecular weight is 415 g/mol. The van der Waals surface area contributed by atoms with Gasteiger partial charge in [-0.3, -0.25) is 14.5 Å². The van der Waals surface area contributed by atoms with Crippen LogP contribution in [-0.4, -0.2) is 59.3 Å². The average Bonchev–Trinajstić information content (AvgIpc) is 3.00. The van der Waals surface area contributed by atoms with Crippen molar-refractivity contribution in [2.24, 2.45) is 0 Å². The smallest absolute Gasteiger partial charge is 0.240 e. The highest BCUT2D eigenvalue weighted by atomic mass is 32.1. The Labute approximate surface area is 176 Å². The van der Waals surface area contributed by atoms with Gasteiger partial charge in [-0.15, -0.1) is 11.3 Å². The molecule has 1 aromatic carbocycles. The van der Waals surface area contributed by atoms with Crippen molar-refractivity contribution in [3.63, 3.8) is 0 Å². The molecule has 1 saturated heterocycles. The number of hydrogen-bond acceptors (Lipinski definition) is 5. The first kappa shape index (κ1) is 21.5. The highest BCUT2D eigenvalue weighted by Crippen LogP contribution is 2.36. The molecule has 2 aromatic rings. The van der Waals surface area contributed by atoms with E-state index in [1.807, 2.05) is 42.2 Å². The summed E-state index contributed by atoms with van der Waals surface area (Å²) in [6.45, 7) is 9.52. The Balaban J connectivity index is 1.63. The zero-order valence-electron chi connectivity index (χ0n) is 17.5. The molecule has 1 N–H and O–H groups in total. The predicted octanol–water partition coefficient (Wildman–Crippen LogP) is 3.82. The Morgan fingerprint density at radius 3 is 2.59 bits per heavy atom. The summed E-state index contributed by atoms with van der Waals surface area (Å²) in [6, 6.07) is 10.1. The number of carbonyl (C=O) groups excluding carboxylic acids is 2. The van der Waals surface area contributed by atoms with Crippen LogP contribution < -0.4 is 5.32 Å². The first-order valence-corrected chi connectivity index (χ1v) is 11.2. The number of nitrogens with one attached hydrogen (secondary N) is 1. The van der Waals surface area contributed by atoms with Crippen LogP contribution in [0.1, 0.15) is 44.4 Å². The van der Waals surface area contributed by atoms with Gasteiger partial charge >= 0.3 is 0 Å². The zero-order valence-corrected chi connectivity index (χ0v) is 18.3. The minimum Gasteiger partial charge on any atom is -0.341 e. The van der Waals surface area contributed by atoms with E-state index < -0.39 is 0 Å². The van der Waals surface area contributed by atoms with E-state index in [9.17, 15) is 9.59 Å². The van der Waals surface area contributed by atoms with E-state index in [2.05, 4.69) is 24.1 Å². The van der Waals surface area contributed by atoms with Crippen LogP contribution in [0.5, 0.6) is 0 Å². The van der Waals surface area contributed by atoms with Gasteiger partial charge in [0.1, 0.15) is 0 Å². The molecule has 7 heteroatoms. The Morgan fingerprint density at radius 1 is 1.14 bits per heavy atom. The van der Waals surface area contributed by atoms with Crippen molar-refractivity contribution in [3.05, 3.63) is 35.2 Å². The minimum absolute atomic E-state index is 0.0519. The summed E-state index contributed by atoms with van der Waals surface area (Å²) in [4.78, 5) is 34.5. The molecule has 0 bridgehead atoms. The molecular formula is C22H30N4O2S. The number of amides is 2. The molecule has 1 aromatic heterocycles. The van der Waals surface area contributed by atoms with Crippen LogP contribution in [0.4, 0.5) is 5.13 Å². The highest BCUT2D eigenvalue weighted by molar-refractivity contribution is 7.16. The quantitative estimate of drug-likeness (QED) is 0.780. The molecule has 0 aliphatic carbocycles. The van der Waals surface area contributed by atoms with E-state index in [1.54, 1.807) is 11.3 Å². The summed E-state index contributed by atoms with van der Waals surface area (Å²) in [5.74, 6) is 0.471. The van der Waals surface area contributed by atoms with Crippen LogP contribution in [0.2, 0.25) is 0 Å². The molecule has 29 heavy (non-hydrogen) atoms. The van der Waals surface area contributed by atoms with Gasteiger partial charge in [0, 0.05) is 43.0 Å². The Bertz CT molecular complexity index is 835. The van der Waals surface area contributed by atoms with E-state index in [0.717, 1.165) is 37.3 Å². The Hall–Kier alpha value is -2.25. The van der Waals surface area contributed by atoms with Crippen LogP contribution in [0.3, 0.4) is 0 Å². The largest absolute Gasteiger partial charge is 0.341 e. The lowest BCUT2D eigenvalue weighted by Gasteiger charge is -2.21. The first-order valence-electron chi connectivity index (χ1n) is 10.3. The molecule has 2 amide bonds. The maximum absolute atomic E-state index is 12.6. The molecule has 1 aliphatic rings. The summed E-state index contributed by atoms with van der Waals surface area (Å²) in [7, 11) is 0. The molecule has 0 spiro atoms. The lowest BCUT2D eigenvalue weighted by Crippen LogP contribution is -2.37. The normalized spacial score (nSPS) is 15.4. The monoisotopic (exact) mass is 414 g/mol. The van der Waals surface area contributed by atoms with Crippen molar-refractivity contribution in [1.29, 1.82) is 0 Å². The number of thiazole rings is 1. The number of hydrogen-bond donors (Lipinski definition) is 1. The third kappa shape index (κ3) is 5.64. The molecule has 6 nitrogen and oxygen atoms in total. The molecule has 0 radical (unpaired) electrons. The van der Waals surface area contributed by atoms with Crippen LogP contribution >= 0.6 is 11.3 Å². The second-order valence-corrected chi connectivity index (χ2v) is 8.70. The highest BCUT2D eigenvalue weighted by Gasteiger charge is 2.21. The first-order chi connectivity index (χ1) is 14.0. The molecule has 0 atom stereocenters. The summed E-state index contributed by atoms with van der Waals surface area (Å²) in [5.41, 5.74) is 2.02. The van der Waals surface area contributed by atoms with Crippen molar-refractivity contribution >= 4 is 28.3 Å². The lowest BCUT2D eigenvalue weighted by molar-refractivity contribution is -0.130. The molecule has 1 aliphatic heterocycles. The SMILES string of the molecule is CCC(=O)N1CCCN(CC(=O)Nc2nc(-c3ccccc3)c(C(C)C)s2)CC1. The number of carbonyl (C=O) groups is 2. The zero-order chi connectivity index (χ0) is 20.8. The standard InChI is InChI=1S/C22H30N4O2S/c1-4-19(28)26-12-8-11-25(13-14-26)15-18(27)23-22-24-20(21(29-22)16(2)3)17-9-6-5-7-10-17/h5-7,9-10,16H,4,8,11-15H2,1-3H3,(H,23,24,27). The fraction of sp³-hybridized carbons (Fsp3) is 0.500. The summed E-state index contributed by atoms with van der Waals surface area (Å²) in [5, 5.41) is 3.63. The van der Waals surface area contributed by atoms with Gasteiger partial charge in [0.05, 0.1) is 12.2 Å². The van der Waals surface area contributed by atoms with Crippen LogP contribution in [-0.2, 0) is 9.59 Å². The van der Waals surface area contributed by atoms with Crippen LogP contribution in [0.15, 0.2) is 30.3 Å².